The summed E-state index contributed by atoms with van der Waals surface area (Å²) in [6.07, 6.45) is 1.64. The van der Waals surface area contributed by atoms with Gasteiger partial charge >= 0.3 is 6.03 Å². The molecule has 0 saturated carbocycles. The van der Waals surface area contributed by atoms with Crippen LogP contribution < -0.4 is 15.4 Å². The first-order valence-corrected chi connectivity index (χ1v) is 5.43. The molecule has 2 N–H and O–H groups in total. The molecule has 0 aliphatic rings. The first-order chi connectivity index (χ1) is 8.17. The quantitative estimate of drug-likeness (QED) is 0.765. The summed E-state index contributed by atoms with van der Waals surface area (Å²) >= 11 is 0. The number of hydrogen-bond acceptors (Lipinski definition) is 2. The number of benzene rings is 1. The van der Waals surface area contributed by atoms with Crippen LogP contribution in [0.2, 0.25) is 0 Å². The van der Waals surface area contributed by atoms with Crippen molar-refractivity contribution >= 4 is 6.03 Å². The third-order valence-corrected chi connectivity index (χ3v) is 2.32. The molecule has 1 aromatic rings. The standard InChI is InChI=1S/C13H18N2O2/c1-4-7-14-13(16)15-9-11-5-6-12(17-3)10(2)8-11/h4-6,8H,1,7,9H2,2-3H3,(H2,14,15,16). The summed E-state index contributed by atoms with van der Waals surface area (Å²) < 4.78 is 5.17. The molecule has 0 fully saturated rings. The van der Waals surface area contributed by atoms with Gasteiger partial charge in [0.25, 0.3) is 0 Å². The number of carbonyl (C=O) groups is 1. The van der Waals surface area contributed by atoms with Gasteiger partial charge in [-0.05, 0) is 24.1 Å². The molecule has 0 atom stereocenters. The van der Waals surface area contributed by atoms with Gasteiger partial charge < -0.3 is 15.4 Å². The third-order valence-electron chi connectivity index (χ3n) is 2.32. The molecule has 92 valence electrons. The Balaban J connectivity index is 2.49. The molecule has 0 bridgehead atoms. The maximum Gasteiger partial charge on any atom is 0.315 e. The van der Waals surface area contributed by atoms with Gasteiger partial charge in [-0.3, -0.25) is 0 Å². The number of aryl methyl sites for hydroxylation is 1. The number of urea groups is 1. The lowest BCUT2D eigenvalue weighted by atomic mass is 10.1. The lowest BCUT2D eigenvalue weighted by Gasteiger charge is -2.09. The van der Waals surface area contributed by atoms with Gasteiger partial charge in [-0.15, -0.1) is 6.58 Å². The monoisotopic (exact) mass is 234 g/mol. The van der Waals surface area contributed by atoms with E-state index in [2.05, 4.69) is 17.2 Å². The maximum absolute atomic E-state index is 11.3. The molecule has 0 unspecified atom stereocenters. The fourth-order valence-corrected chi connectivity index (χ4v) is 1.46. The Kier molecular flexibility index (Phi) is 5.07. The van der Waals surface area contributed by atoms with E-state index in [0.29, 0.717) is 13.1 Å². The Morgan fingerprint density at radius 3 is 2.82 bits per heavy atom. The number of methoxy groups -OCH3 is 1. The second-order valence-corrected chi connectivity index (χ2v) is 3.66. The molecule has 0 heterocycles. The minimum Gasteiger partial charge on any atom is -0.496 e. The average molecular weight is 234 g/mol. The van der Waals surface area contributed by atoms with Crippen LogP contribution >= 0.6 is 0 Å². The van der Waals surface area contributed by atoms with Crippen molar-refractivity contribution in [2.75, 3.05) is 13.7 Å². The van der Waals surface area contributed by atoms with Gasteiger partial charge in [-0.2, -0.15) is 0 Å². The van der Waals surface area contributed by atoms with E-state index >= 15 is 0 Å². The molecule has 0 aliphatic carbocycles. The van der Waals surface area contributed by atoms with Gasteiger partial charge in [0.2, 0.25) is 0 Å². The van der Waals surface area contributed by atoms with Gasteiger partial charge in [-0.1, -0.05) is 18.2 Å². The number of rotatable bonds is 5. The summed E-state index contributed by atoms with van der Waals surface area (Å²) in [5.41, 5.74) is 2.09. The van der Waals surface area contributed by atoms with Crippen molar-refractivity contribution in [2.45, 2.75) is 13.5 Å². The minimum atomic E-state index is -0.196. The Morgan fingerprint density at radius 1 is 1.47 bits per heavy atom. The van der Waals surface area contributed by atoms with Crippen molar-refractivity contribution in [1.29, 1.82) is 0 Å². The molecule has 4 nitrogen and oxygen atoms in total. The number of nitrogens with one attached hydrogen (secondary N) is 2. The van der Waals surface area contributed by atoms with Crippen LogP contribution in [0.4, 0.5) is 4.79 Å². The molecular weight excluding hydrogens is 216 g/mol. The SMILES string of the molecule is C=CCNC(=O)NCc1ccc(OC)c(C)c1. The van der Waals surface area contributed by atoms with Gasteiger partial charge in [0, 0.05) is 13.1 Å². The van der Waals surface area contributed by atoms with Crippen LogP contribution in [0.15, 0.2) is 30.9 Å². The molecule has 0 aliphatic heterocycles. The fourth-order valence-electron chi connectivity index (χ4n) is 1.46. The predicted octanol–water partition coefficient (Wildman–Crippen LogP) is 1.99. The Bertz CT molecular complexity index is 402. The fraction of sp³-hybridized carbons (Fsp3) is 0.308. The summed E-state index contributed by atoms with van der Waals surface area (Å²) in [6, 6.07) is 5.62. The highest BCUT2D eigenvalue weighted by molar-refractivity contribution is 5.73. The Labute approximate surface area is 102 Å². The summed E-state index contributed by atoms with van der Waals surface area (Å²) in [4.78, 5) is 11.3. The molecule has 0 aromatic heterocycles. The highest BCUT2D eigenvalue weighted by atomic mass is 16.5. The van der Waals surface area contributed by atoms with E-state index in [9.17, 15) is 4.79 Å². The molecule has 4 heteroatoms. The van der Waals surface area contributed by atoms with Crippen molar-refractivity contribution in [1.82, 2.24) is 10.6 Å². The van der Waals surface area contributed by atoms with E-state index in [1.807, 2.05) is 25.1 Å². The Morgan fingerprint density at radius 2 is 2.24 bits per heavy atom. The zero-order valence-corrected chi connectivity index (χ0v) is 10.2. The van der Waals surface area contributed by atoms with Gasteiger partial charge in [0.15, 0.2) is 0 Å². The normalized spacial score (nSPS) is 9.53. The van der Waals surface area contributed by atoms with Crippen LogP contribution in [-0.4, -0.2) is 19.7 Å². The zero-order chi connectivity index (χ0) is 12.7. The predicted molar refractivity (Wildman–Crippen MR) is 68.2 cm³/mol. The van der Waals surface area contributed by atoms with Crippen LogP contribution in [0.3, 0.4) is 0 Å². The molecule has 0 saturated heterocycles. The first-order valence-electron chi connectivity index (χ1n) is 5.43. The first kappa shape index (κ1) is 13.1. The lowest BCUT2D eigenvalue weighted by Crippen LogP contribution is -2.34. The van der Waals surface area contributed by atoms with Gasteiger partial charge in [0.05, 0.1) is 7.11 Å². The van der Waals surface area contributed by atoms with Crippen LogP contribution in [0, 0.1) is 6.92 Å². The molecular formula is C13H18N2O2. The van der Waals surface area contributed by atoms with Crippen LogP contribution in [-0.2, 0) is 6.54 Å². The molecule has 17 heavy (non-hydrogen) atoms. The van der Waals surface area contributed by atoms with Crippen molar-refractivity contribution < 1.29 is 9.53 Å². The molecule has 1 rings (SSSR count). The highest BCUT2D eigenvalue weighted by Gasteiger charge is 2.01. The molecule has 2 amide bonds. The van der Waals surface area contributed by atoms with Crippen LogP contribution in [0.25, 0.3) is 0 Å². The zero-order valence-electron chi connectivity index (χ0n) is 10.2. The number of amides is 2. The van der Waals surface area contributed by atoms with E-state index in [4.69, 9.17) is 4.74 Å². The minimum absolute atomic E-state index is 0.196. The molecule has 0 spiro atoms. The van der Waals surface area contributed by atoms with E-state index in [1.165, 1.54) is 0 Å². The number of ether oxygens (including phenoxy) is 1. The number of hydrogen-bond donors (Lipinski definition) is 2. The Hall–Kier alpha value is -1.97. The van der Waals surface area contributed by atoms with E-state index in [0.717, 1.165) is 16.9 Å². The maximum atomic E-state index is 11.3. The van der Waals surface area contributed by atoms with E-state index in [-0.39, 0.29) is 6.03 Å². The van der Waals surface area contributed by atoms with Crippen LogP contribution in [0.5, 0.6) is 5.75 Å². The van der Waals surface area contributed by atoms with Crippen LogP contribution in [0.1, 0.15) is 11.1 Å². The lowest BCUT2D eigenvalue weighted by molar-refractivity contribution is 0.241. The summed E-state index contributed by atoms with van der Waals surface area (Å²) in [7, 11) is 1.64. The molecule has 0 radical (unpaired) electrons. The summed E-state index contributed by atoms with van der Waals surface area (Å²) in [5, 5.41) is 5.41. The second-order valence-electron chi connectivity index (χ2n) is 3.66. The molecule has 1 aromatic carbocycles. The highest BCUT2D eigenvalue weighted by Crippen LogP contribution is 2.18. The summed E-state index contributed by atoms with van der Waals surface area (Å²) in [6.45, 7) is 6.46. The second kappa shape index (κ2) is 6.58. The largest absolute Gasteiger partial charge is 0.496 e. The third kappa shape index (κ3) is 4.18. The van der Waals surface area contributed by atoms with Crippen molar-refractivity contribution in [3.8, 4) is 5.75 Å². The van der Waals surface area contributed by atoms with Crippen molar-refractivity contribution in [2.24, 2.45) is 0 Å². The van der Waals surface area contributed by atoms with Gasteiger partial charge in [-0.25, -0.2) is 4.79 Å². The van der Waals surface area contributed by atoms with Crippen molar-refractivity contribution in [3.63, 3.8) is 0 Å². The summed E-state index contributed by atoms with van der Waals surface area (Å²) in [5.74, 6) is 0.852. The van der Waals surface area contributed by atoms with E-state index < -0.39 is 0 Å². The number of carbonyl (C=O) groups excluding carboxylic acids is 1. The van der Waals surface area contributed by atoms with E-state index in [1.54, 1.807) is 13.2 Å². The van der Waals surface area contributed by atoms with Gasteiger partial charge in [0.1, 0.15) is 5.75 Å². The average Bonchev–Trinajstić information content (AvgIpc) is 2.34. The smallest absolute Gasteiger partial charge is 0.315 e. The topological polar surface area (TPSA) is 50.4 Å². The van der Waals surface area contributed by atoms with Crippen molar-refractivity contribution in [3.05, 3.63) is 42.0 Å².